The van der Waals surface area contributed by atoms with Crippen molar-refractivity contribution in [3.8, 4) is 62.1 Å². The third-order valence-electron chi connectivity index (χ3n) is 11.5. The molecule has 64 heavy (non-hydrogen) atoms. The summed E-state index contributed by atoms with van der Waals surface area (Å²) in [5.74, 6) is 1.17. The average molecular weight is 853 g/mol. The van der Waals surface area contributed by atoms with Gasteiger partial charge in [-0.3, -0.25) is 0 Å². The molecule has 0 N–H and O–H groups in total. The highest BCUT2D eigenvalue weighted by Gasteiger charge is 2.38. The summed E-state index contributed by atoms with van der Waals surface area (Å²) in [5, 5.41) is 3.43. The van der Waals surface area contributed by atoms with Crippen LogP contribution in [0.2, 0.25) is 0 Å². The van der Waals surface area contributed by atoms with E-state index in [1.807, 2.05) is 150 Å². The van der Waals surface area contributed by atoms with Crippen LogP contribution in [-0.4, -0.2) is 19.5 Å². The summed E-state index contributed by atoms with van der Waals surface area (Å²) in [5.41, 5.74) is 3.87. The maximum Gasteiger partial charge on any atom is 0.417 e. The van der Waals surface area contributed by atoms with E-state index >= 15 is 0 Å². The minimum absolute atomic E-state index is 0.0882. The molecule has 0 fully saturated rings. The Morgan fingerprint density at radius 2 is 0.984 bits per heavy atom. The zero-order valence-corrected chi connectivity index (χ0v) is 33.3. The Hall–Kier alpha value is -8.05. The summed E-state index contributed by atoms with van der Waals surface area (Å²) >= 11 is 0. The van der Waals surface area contributed by atoms with Gasteiger partial charge in [-0.1, -0.05) is 140 Å². The van der Waals surface area contributed by atoms with Crippen molar-refractivity contribution in [3.05, 3.63) is 193 Å². The largest absolute Gasteiger partial charge is 0.455 e. The van der Waals surface area contributed by atoms with Gasteiger partial charge in [-0.05, 0) is 59.2 Å². The molecule has 0 spiro atoms. The second-order valence-electron chi connectivity index (χ2n) is 15.4. The first kappa shape index (κ1) is 38.8. The van der Waals surface area contributed by atoms with E-state index in [0.717, 1.165) is 55.6 Å². The molecule has 0 radical (unpaired) electrons. The van der Waals surface area contributed by atoms with Crippen LogP contribution in [0.1, 0.15) is 11.1 Å². The van der Waals surface area contributed by atoms with Gasteiger partial charge in [0.25, 0.3) is 0 Å². The van der Waals surface area contributed by atoms with Gasteiger partial charge in [0.1, 0.15) is 11.2 Å². The lowest BCUT2D eigenvalue weighted by molar-refractivity contribution is -0.142. The highest BCUT2D eigenvalue weighted by atomic mass is 19.4. The lowest BCUT2D eigenvalue weighted by Gasteiger charge is -2.18. The van der Waals surface area contributed by atoms with E-state index in [9.17, 15) is 26.3 Å². The maximum atomic E-state index is 14.6. The number of rotatable bonds is 6. The molecular formula is C53H30F6N4O. The molecule has 0 aliphatic rings. The van der Waals surface area contributed by atoms with Crippen molar-refractivity contribution in [3.63, 3.8) is 0 Å². The van der Waals surface area contributed by atoms with E-state index in [4.69, 9.17) is 19.4 Å². The molecule has 0 unspecified atom stereocenters. The average Bonchev–Trinajstić information content (AvgIpc) is 3.87. The van der Waals surface area contributed by atoms with Crippen LogP contribution in [-0.2, 0) is 12.4 Å². The van der Waals surface area contributed by atoms with Crippen molar-refractivity contribution in [1.82, 2.24) is 19.5 Å². The summed E-state index contributed by atoms with van der Waals surface area (Å²) in [6.07, 6.45) is -10.0. The third kappa shape index (κ3) is 6.64. The number of halogens is 6. The second kappa shape index (κ2) is 14.8. The predicted molar refractivity (Wildman–Crippen MR) is 239 cm³/mol. The number of hydrogen-bond acceptors (Lipinski definition) is 4. The zero-order chi connectivity index (χ0) is 43.7. The fourth-order valence-corrected chi connectivity index (χ4v) is 8.59. The Morgan fingerprint density at radius 3 is 1.69 bits per heavy atom. The van der Waals surface area contributed by atoms with Gasteiger partial charge in [0.2, 0.25) is 0 Å². The number of nitrogens with zero attached hydrogens (tertiary/aromatic N) is 4. The quantitative estimate of drug-likeness (QED) is 0.156. The Morgan fingerprint density at radius 1 is 0.391 bits per heavy atom. The molecule has 0 amide bonds. The number of fused-ring (bicyclic) bond motifs is 6. The van der Waals surface area contributed by atoms with Crippen LogP contribution in [0.5, 0.6) is 0 Å². The van der Waals surface area contributed by atoms with Crippen LogP contribution in [0.15, 0.2) is 186 Å². The van der Waals surface area contributed by atoms with Gasteiger partial charge < -0.3 is 8.98 Å². The number of aromatic nitrogens is 4. The van der Waals surface area contributed by atoms with E-state index in [1.54, 1.807) is 12.1 Å². The van der Waals surface area contributed by atoms with Crippen LogP contribution < -0.4 is 0 Å². The first-order valence-electron chi connectivity index (χ1n) is 20.2. The SMILES string of the molecule is FC(F)(F)c1ccc(-c2ccc3c4ccccc4n(-c4ccc(-c5cccc6c5oc5ccccc56)cc4-c4nc(-c5ccccc5)nc(-c5ccccc5)n4)c3c2)c(C(F)(F)F)c1. The van der Waals surface area contributed by atoms with Crippen LogP contribution in [0.25, 0.3) is 106 Å². The molecular weight excluding hydrogens is 823 g/mol. The number of para-hydroxylation sites is 3. The maximum absolute atomic E-state index is 14.6. The normalized spacial score (nSPS) is 12.2. The summed E-state index contributed by atoms with van der Waals surface area (Å²) in [7, 11) is 0. The van der Waals surface area contributed by atoms with E-state index < -0.39 is 23.5 Å². The van der Waals surface area contributed by atoms with Crippen molar-refractivity contribution in [1.29, 1.82) is 0 Å². The minimum Gasteiger partial charge on any atom is -0.455 e. The van der Waals surface area contributed by atoms with Gasteiger partial charge in [-0.25, -0.2) is 15.0 Å². The van der Waals surface area contributed by atoms with Gasteiger partial charge in [0.15, 0.2) is 17.5 Å². The van der Waals surface area contributed by atoms with Gasteiger partial charge >= 0.3 is 12.4 Å². The summed E-state index contributed by atoms with van der Waals surface area (Å²) in [4.78, 5) is 15.2. The highest BCUT2D eigenvalue weighted by molar-refractivity contribution is 6.12. The molecule has 11 aromatic rings. The summed E-state index contributed by atoms with van der Waals surface area (Å²) in [6.45, 7) is 0. The molecule has 8 aromatic carbocycles. The monoisotopic (exact) mass is 852 g/mol. The molecule has 0 saturated heterocycles. The Kier molecular flexibility index (Phi) is 8.98. The van der Waals surface area contributed by atoms with Crippen LogP contribution in [0, 0.1) is 0 Å². The third-order valence-corrected chi connectivity index (χ3v) is 11.5. The Labute approximate surface area is 360 Å². The van der Waals surface area contributed by atoms with Gasteiger partial charge in [0.05, 0.1) is 27.8 Å². The Bertz CT molecular complexity index is 3540. The van der Waals surface area contributed by atoms with E-state index in [0.29, 0.717) is 51.3 Å². The minimum atomic E-state index is -5.07. The van der Waals surface area contributed by atoms with Crippen molar-refractivity contribution in [2.75, 3.05) is 0 Å². The first-order chi connectivity index (χ1) is 31.0. The zero-order valence-electron chi connectivity index (χ0n) is 33.3. The fraction of sp³-hybridized carbons (Fsp3) is 0.0377. The van der Waals surface area contributed by atoms with Gasteiger partial charge in [-0.15, -0.1) is 0 Å². The molecule has 0 atom stereocenters. The molecule has 0 saturated carbocycles. The van der Waals surface area contributed by atoms with Gasteiger partial charge in [-0.2, -0.15) is 26.3 Å². The molecule has 3 heterocycles. The molecule has 0 aliphatic carbocycles. The van der Waals surface area contributed by atoms with E-state index in [2.05, 4.69) is 0 Å². The lowest BCUT2D eigenvalue weighted by Crippen LogP contribution is -2.12. The molecule has 310 valence electrons. The summed E-state index contributed by atoms with van der Waals surface area (Å²) < 4.78 is 93.5. The summed E-state index contributed by atoms with van der Waals surface area (Å²) in [6, 6.07) is 52.9. The molecule has 5 nitrogen and oxygen atoms in total. The van der Waals surface area contributed by atoms with Crippen molar-refractivity contribution < 1.29 is 30.8 Å². The number of alkyl halides is 6. The number of furan rings is 1. The topological polar surface area (TPSA) is 56.7 Å². The van der Waals surface area contributed by atoms with Crippen molar-refractivity contribution in [2.24, 2.45) is 0 Å². The second-order valence-corrected chi connectivity index (χ2v) is 15.4. The van der Waals surface area contributed by atoms with Crippen molar-refractivity contribution >= 4 is 43.7 Å². The highest BCUT2D eigenvalue weighted by Crippen LogP contribution is 2.45. The predicted octanol–water partition coefficient (Wildman–Crippen LogP) is 15.2. The molecule has 11 rings (SSSR count). The van der Waals surface area contributed by atoms with Crippen LogP contribution in [0.4, 0.5) is 26.3 Å². The molecule has 3 aromatic heterocycles. The van der Waals surface area contributed by atoms with Crippen LogP contribution in [0.3, 0.4) is 0 Å². The first-order valence-corrected chi connectivity index (χ1v) is 20.2. The van der Waals surface area contributed by atoms with E-state index in [1.165, 1.54) is 6.07 Å². The molecule has 11 heteroatoms. The standard InChI is InChI=1S/C53H30F6N4O/c54-52(55,56)35-24-26-36(43(30-35)53(57,58)59)34-22-25-39-38-16-7-9-20-44(38)63(46(39)29-34)45-27-23-33(37-18-11-19-41-40-17-8-10-21-47(40)64-48(37)41)28-42(45)51-61-49(31-12-3-1-4-13-31)60-50(62-51)32-14-5-2-6-15-32/h1-30H. The molecule has 0 aliphatic heterocycles. The number of benzene rings is 8. The smallest absolute Gasteiger partial charge is 0.417 e. The van der Waals surface area contributed by atoms with Crippen molar-refractivity contribution in [2.45, 2.75) is 12.4 Å². The Balaban J connectivity index is 1.21. The number of hydrogen-bond donors (Lipinski definition) is 0. The van der Waals surface area contributed by atoms with Gasteiger partial charge in [0, 0.05) is 43.8 Å². The lowest BCUT2D eigenvalue weighted by atomic mass is 9.96. The molecule has 0 bridgehead atoms. The fourth-order valence-electron chi connectivity index (χ4n) is 8.59. The van der Waals surface area contributed by atoms with E-state index in [-0.39, 0.29) is 17.2 Å². The van der Waals surface area contributed by atoms with Crippen LogP contribution >= 0.6 is 0 Å².